The third-order valence-corrected chi connectivity index (χ3v) is 4.50. The number of rotatable bonds is 2. The molecule has 0 radical (unpaired) electrons. The molecule has 0 aliphatic carbocycles. The van der Waals surface area contributed by atoms with Crippen LogP contribution >= 0.6 is 11.0 Å². The van der Waals surface area contributed by atoms with Crippen LogP contribution in [0.3, 0.4) is 0 Å². The van der Waals surface area contributed by atoms with Crippen LogP contribution in [0.4, 0.5) is 0 Å². The lowest BCUT2D eigenvalue weighted by Gasteiger charge is -2.25. The molecule has 0 aromatic rings. The zero-order valence-electron chi connectivity index (χ0n) is 9.26. The molecule has 2 heterocycles. The molecule has 2 aliphatic heterocycles. The smallest absolute Gasteiger partial charge is 0.286 e. The molecule has 0 amide bonds. The van der Waals surface area contributed by atoms with E-state index in [0.29, 0.717) is 11.1 Å². The van der Waals surface area contributed by atoms with E-state index in [-0.39, 0.29) is 0 Å². The van der Waals surface area contributed by atoms with Crippen molar-refractivity contribution in [3.63, 3.8) is 0 Å². The van der Waals surface area contributed by atoms with Gasteiger partial charge < -0.3 is 4.74 Å². The monoisotopic (exact) mass is 284 g/mol. The summed E-state index contributed by atoms with van der Waals surface area (Å²) in [5.41, 5.74) is 0. The van der Waals surface area contributed by atoms with Crippen LogP contribution in [0.15, 0.2) is 4.40 Å². The van der Waals surface area contributed by atoms with Crippen LogP contribution in [0, 0.1) is 10.2 Å². The second-order valence-corrected chi connectivity index (χ2v) is 6.01. The summed E-state index contributed by atoms with van der Waals surface area (Å²) >= 11 is 0. The molecule has 1 fully saturated rings. The Hall–Kier alpha value is -0.220. The number of ether oxygens (including phenoxy) is 1. The van der Waals surface area contributed by atoms with Crippen molar-refractivity contribution in [2.75, 3.05) is 13.1 Å². The Kier molecular flexibility index (Phi) is 4.03. The summed E-state index contributed by atoms with van der Waals surface area (Å²) in [5, 5.41) is 0.328. The fraction of sp³-hybridized carbons (Fsp3) is 0.750. The normalized spacial score (nSPS) is 26.9. The molecule has 2 rings (SSSR count). The lowest BCUT2D eigenvalue weighted by atomic mass is 10.1. The van der Waals surface area contributed by atoms with E-state index in [1.165, 1.54) is 0 Å². The Morgan fingerprint density at radius 1 is 1.29 bits per heavy atom. The van der Waals surface area contributed by atoms with Gasteiger partial charge in [-0.3, -0.25) is 0 Å². The van der Waals surface area contributed by atoms with Gasteiger partial charge in [-0.15, -0.1) is 4.40 Å². The lowest BCUT2D eigenvalue weighted by molar-refractivity contribution is -1.91. The third kappa shape index (κ3) is 3.62. The van der Waals surface area contributed by atoms with Crippen molar-refractivity contribution in [2.45, 2.75) is 26.2 Å². The molecule has 17 heavy (non-hydrogen) atoms. The van der Waals surface area contributed by atoms with E-state index in [1.807, 2.05) is 4.90 Å². The van der Waals surface area contributed by atoms with Gasteiger partial charge >= 0.3 is 0 Å². The van der Waals surface area contributed by atoms with Crippen molar-refractivity contribution in [1.82, 2.24) is 4.90 Å². The molecular weight excluding hydrogens is 272 g/mol. The summed E-state index contributed by atoms with van der Waals surface area (Å²) in [6.07, 6.45) is 3.15. The highest BCUT2D eigenvalue weighted by molar-refractivity contribution is 8.10. The molecule has 1 unspecified atom stereocenters. The zero-order chi connectivity index (χ0) is 12.5. The Morgan fingerprint density at radius 2 is 1.94 bits per heavy atom. The summed E-state index contributed by atoms with van der Waals surface area (Å²) in [4.78, 5) is 1.88. The molecule has 0 aromatic heterocycles. The van der Waals surface area contributed by atoms with Crippen molar-refractivity contribution in [2.24, 2.45) is 4.40 Å². The van der Waals surface area contributed by atoms with E-state index >= 15 is 0 Å². The average molecular weight is 285 g/mol. The van der Waals surface area contributed by atoms with Crippen molar-refractivity contribution < 1.29 is 32.7 Å². The molecule has 0 spiro atoms. The molecule has 1 saturated heterocycles. The summed E-state index contributed by atoms with van der Waals surface area (Å²) in [7, 11) is -5.96. The first kappa shape index (κ1) is 13.2. The van der Waals surface area contributed by atoms with Crippen LogP contribution in [-0.4, -0.2) is 29.1 Å². The number of likely N-dealkylation sites (tertiary alicyclic amines) is 1. The molecule has 2 aliphatic rings. The minimum atomic E-state index is -4.50. The van der Waals surface area contributed by atoms with Crippen molar-refractivity contribution >= 4 is 22.0 Å². The standard InChI is InChI=1S/C8H13ClN2O5S/c1-7-10-17(16-9(12,13)14)8(15-7)11-5-3-2-4-6-11/h2-6H2,1H3. The molecule has 1 atom stereocenters. The molecule has 0 N–H and O–H groups in total. The first-order valence-electron chi connectivity index (χ1n) is 5.16. The number of nitrogens with zero attached hydrogens (tertiary/aromatic N) is 2. The number of halogens is 1. The van der Waals surface area contributed by atoms with Gasteiger partial charge in [-0.1, -0.05) is 6.42 Å². The van der Waals surface area contributed by atoms with Gasteiger partial charge in [0.1, 0.15) is 0 Å². The highest BCUT2D eigenvalue weighted by atomic mass is 35.7. The van der Waals surface area contributed by atoms with Crippen molar-refractivity contribution in [1.29, 1.82) is 0 Å². The fourth-order valence-corrected chi connectivity index (χ4v) is 3.56. The second-order valence-electron chi connectivity index (χ2n) is 3.72. The van der Waals surface area contributed by atoms with Crippen LogP contribution in [0.5, 0.6) is 0 Å². The maximum atomic E-state index is 10.6. The molecule has 9 heteroatoms. The highest BCUT2D eigenvalue weighted by Gasteiger charge is 2.34. The van der Waals surface area contributed by atoms with Crippen molar-refractivity contribution in [3.05, 3.63) is 0 Å². The summed E-state index contributed by atoms with van der Waals surface area (Å²) in [6.45, 7) is 3.12. The minimum Gasteiger partial charge on any atom is -0.421 e. The van der Waals surface area contributed by atoms with Gasteiger partial charge in [0.2, 0.25) is 5.90 Å². The van der Waals surface area contributed by atoms with Crippen LogP contribution < -0.4 is 14.0 Å². The number of hydrogen-bond acceptors (Lipinski definition) is 7. The number of hydrogen-bond donors (Lipinski definition) is 0. The fourth-order valence-electron chi connectivity index (χ4n) is 1.70. The van der Waals surface area contributed by atoms with E-state index in [4.69, 9.17) is 4.74 Å². The Labute approximate surface area is 104 Å². The third-order valence-electron chi connectivity index (χ3n) is 2.35. The molecule has 7 nitrogen and oxygen atoms in total. The Morgan fingerprint density at radius 3 is 2.53 bits per heavy atom. The van der Waals surface area contributed by atoms with E-state index in [0.717, 1.165) is 32.4 Å². The van der Waals surface area contributed by atoms with Gasteiger partial charge in [-0.25, -0.2) is 4.90 Å². The van der Waals surface area contributed by atoms with Gasteiger partial charge in [0.05, 0.1) is 10.2 Å². The van der Waals surface area contributed by atoms with Crippen LogP contribution in [-0.2, 0) is 8.47 Å². The zero-order valence-corrected chi connectivity index (χ0v) is 10.8. The van der Waals surface area contributed by atoms with Crippen LogP contribution in [0.1, 0.15) is 26.2 Å². The topological polar surface area (TPSA) is 103 Å². The average Bonchev–Trinajstić information content (AvgIpc) is 2.58. The van der Waals surface area contributed by atoms with Gasteiger partial charge in [-0.05, 0) is 12.8 Å². The largest absolute Gasteiger partial charge is 0.421 e. The van der Waals surface area contributed by atoms with Gasteiger partial charge in [-0.2, -0.15) is 14.0 Å². The maximum Gasteiger partial charge on any atom is 0.286 e. The summed E-state index contributed by atoms with van der Waals surface area (Å²) in [5.74, 6) is 0.313. The van der Waals surface area contributed by atoms with Gasteiger partial charge in [0.25, 0.3) is 16.1 Å². The molecule has 0 bridgehead atoms. The molecule has 98 valence electrons. The Balaban J connectivity index is 2.14. The first-order chi connectivity index (χ1) is 7.96. The quantitative estimate of drug-likeness (QED) is 0.545. The highest BCUT2D eigenvalue weighted by Crippen LogP contribution is 2.30. The summed E-state index contributed by atoms with van der Waals surface area (Å²) in [6, 6.07) is 0. The maximum absolute atomic E-state index is 10.6. The van der Waals surface area contributed by atoms with E-state index in [2.05, 4.69) is 8.13 Å². The number of piperidine rings is 1. The predicted molar refractivity (Wildman–Crippen MR) is 53.3 cm³/mol. The molecule has 0 aromatic carbocycles. The van der Waals surface area contributed by atoms with Crippen LogP contribution in [0.25, 0.3) is 0 Å². The van der Waals surface area contributed by atoms with Gasteiger partial charge in [0, 0.05) is 20.0 Å². The minimum absolute atomic E-state index is 0.313. The van der Waals surface area contributed by atoms with E-state index in [1.54, 1.807) is 6.92 Å². The Bertz CT molecular complexity index is 361. The molecular formula is C8H13ClN2O5S. The van der Waals surface area contributed by atoms with Crippen molar-refractivity contribution in [3.8, 4) is 0 Å². The summed E-state index contributed by atoms with van der Waals surface area (Å²) < 4.78 is 45.3. The second kappa shape index (κ2) is 5.19. The van der Waals surface area contributed by atoms with E-state index < -0.39 is 21.2 Å². The predicted octanol–water partition coefficient (Wildman–Crippen LogP) is -1.98. The SMILES string of the molecule is CC1=NS(O[Cl+3]([O-])([O-])[O-])=C(N2CCCCC2)O1. The van der Waals surface area contributed by atoms with Crippen LogP contribution in [0.2, 0.25) is 0 Å². The van der Waals surface area contributed by atoms with E-state index in [9.17, 15) is 14.0 Å². The first-order valence-corrected chi connectivity index (χ1v) is 7.50. The molecule has 0 saturated carbocycles. The van der Waals surface area contributed by atoms with Gasteiger partial charge in [0.15, 0.2) is 3.74 Å². The lowest BCUT2D eigenvalue weighted by Crippen LogP contribution is -2.60.